The molecule has 0 radical (unpaired) electrons. The van der Waals surface area contributed by atoms with Gasteiger partial charge in [-0.1, -0.05) is 24.3 Å². The minimum atomic E-state index is -0.547. The van der Waals surface area contributed by atoms with Crippen molar-refractivity contribution in [2.45, 2.75) is 25.3 Å². The van der Waals surface area contributed by atoms with Gasteiger partial charge in [0.1, 0.15) is 0 Å². The summed E-state index contributed by atoms with van der Waals surface area (Å²) in [7, 11) is 0. The Morgan fingerprint density at radius 1 is 1.25 bits per heavy atom. The summed E-state index contributed by atoms with van der Waals surface area (Å²) in [5.74, 6) is -0.0166. The molecule has 0 amide bonds. The van der Waals surface area contributed by atoms with E-state index in [1.165, 1.54) is 6.08 Å². The molecule has 0 aliphatic heterocycles. The smallest absolute Gasteiger partial charge is 0.223 e. The van der Waals surface area contributed by atoms with Crippen LogP contribution < -0.4 is 0 Å². The molecule has 0 aromatic rings. The molecule has 0 bridgehead atoms. The van der Waals surface area contributed by atoms with E-state index in [9.17, 15) is 14.9 Å². The van der Waals surface area contributed by atoms with Gasteiger partial charge in [-0.3, -0.25) is 14.9 Å². The highest BCUT2D eigenvalue weighted by Crippen LogP contribution is 2.30. The molecule has 0 spiro atoms. The minimum absolute atomic E-state index is 0.0627. The van der Waals surface area contributed by atoms with Gasteiger partial charge in [0.05, 0.1) is 5.92 Å². The van der Waals surface area contributed by atoms with Crippen LogP contribution >= 0.6 is 0 Å². The molecule has 2 rings (SSSR count). The second kappa shape index (κ2) is 4.43. The molecular formula is C12H13NO3. The summed E-state index contributed by atoms with van der Waals surface area (Å²) in [5, 5.41) is 10.9. The molecule has 16 heavy (non-hydrogen) atoms. The number of carbonyl (C=O) groups is 1. The third kappa shape index (κ3) is 2.10. The maximum absolute atomic E-state index is 11.0. The molecule has 2 aliphatic carbocycles. The van der Waals surface area contributed by atoms with E-state index < -0.39 is 6.04 Å². The zero-order valence-corrected chi connectivity index (χ0v) is 8.83. The Morgan fingerprint density at radius 3 is 2.62 bits per heavy atom. The van der Waals surface area contributed by atoms with Crippen molar-refractivity contribution in [3.05, 3.63) is 46.1 Å². The van der Waals surface area contributed by atoms with Crippen LogP contribution in [0.1, 0.15) is 19.3 Å². The van der Waals surface area contributed by atoms with E-state index in [2.05, 4.69) is 0 Å². The molecule has 0 saturated carbocycles. The third-order valence-electron chi connectivity index (χ3n) is 3.10. The second-order valence-electron chi connectivity index (χ2n) is 4.11. The molecule has 0 unspecified atom stereocenters. The molecule has 0 aromatic carbocycles. The Kier molecular flexibility index (Phi) is 2.99. The van der Waals surface area contributed by atoms with E-state index in [0.717, 1.165) is 5.57 Å². The first-order chi connectivity index (χ1) is 7.68. The van der Waals surface area contributed by atoms with Gasteiger partial charge >= 0.3 is 0 Å². The Morgan fingerprint density at radius 2 is 2.00 bits per heavy atom. The number of allylic oxidation sites excluding steroid dienone is 4. The molecule has 0 fully saturated rings. The van der Waals surface area contributed by atoms with Crippen molar-refractivity contribution >= 4 is 5.78 Å². The average Bonchev–Trinajstić information content (AvgIpc) is 2.30. The Bertz CT molecular complexity index is 406. The van der Waals surface area contributed by atoms with Gasteiger partial charge in [-0.25, -0.2) is 0 Å². The molecular weight excluding hydrogens is 206 g/mol. The molecule has 0 saturated heterocycles. The van der Waals surface area contributed by atoms with E-state index in [1.807, 2.05) is 18.2 Å². The first kappa shape index (κ1) is 10.8. The van der Waals surface area contributed by atoms with Gasteiger partial charge in [0.25, 0.3) is 0 Å². The summed E-state index contributed by atoms with van der Waals surface area (Å²) in [6.07, 6.45) is 10.5. The fourth-order valence-corrected chi connectivity index (χ4v) is 2.21. The fourth-order valence-electron chi connectivity index (χ4n) is 2.21. The predicted octanol–water partition coefficient (Wildman–Crippen LogP) is 2.05. The van der Waals surface area contributed by atoms with Crippen LogP contribution in [0.25, 0.3) is 0 Å². The van der Waals surface area contributed by atoms with Gasteiger partial charge < -0.3 is 0 Å². The van der Waals surface area contributed by atoms with Crippen LogP contribution in [-0.2, 0) is 4.79 Å². The Labute approximate surface area is 93.5 Å². The topological polar surface area (TPSA) is 60.2 Å². The summed E-state index contributed by atoms with van der Waals surface area (Å²) in [6.45, 7) is 0. The van der Waals surface area contributed by atoms with Gasteiger partial charge in [-0.15, -0.1) is 0 Å². The van der Waals surface area contributed by atoms with Gasteiger partial charge in [-0.2, -0.15) is 0 Å². The average molecular weight is 219 g/mol. The molecule has 4 heteroatoms. The number of hydrogen-bond acceptors (Lipinski definition) is 3. The van der Waals surface area contributed by atoms with Crippen LogP contribution in [-0.4, -0.2) is 16.7 Å². The molecule has 0 aromatic heterocycles. The molecule has 2 aliphatic rings. The number of hydrogen-bond donors (Lipinski definition) is 0. The lowest BCUT2D eigenvalue weighted by Gasteiger charge is -2.24. The predicted molar refractivity (Wildman–Crippen MR) is 59.5 cm³/mol. The second-order valence-corrected chi connectivity index (χ2v) is 4.11. The van der Waals surface area contributed by atoms with Crippen LogP contribution in [0.2, 0.25) is 0 Å². The zero-order valence-electron chi connectivity index (χ0n) is 8.83. The first-order valence-electron chi connectivity index (χ1n) is 5.38. The van der Waals surface area contributed by atoms with Crippen LogP contribution in [0.15, 0.2) is 36.0 Å². The van der Waals surface area contributed by atoms with Gasteiger partial charge in [-0.05, 0) is 18.1 Å². The number of rotatable bonds is 2. The maximum Gasteiger partial charge on any atom is 0.223 e. The summed E-state index contributed by atoms with van der Waals surface area (Å²) in [4.78, 5) is 21.7. The van der Waals surface area contributed by atoms with E-state index in [4.69, 9.17) is 0 Å². The largest absolute Gasteiger partial charge is 0.295 e. The van der Waals surface area contributed by atoms with Crippen molar-refractivity contribution in [1.29, 1.82) is 0 Å². The van der Waals surface area contributed by atoms with Crippen molar-refractivity contribution < 1.29 is 9.72 Å². The van der Waals surface area contributed by atoms with Crippen molar-refractivity contribution in [1.82, 2.24) is 0 Å². The van der Waals surface area contributed by atoms with Crippen molar-refractivity contribution in [3.8, 4) is 0 Å². The highest BCUT2D eigenvalue weighted by Gasteiger charge is 2.33. The normalized spacial score (nSPS) is 29.0. The fraction of sp³-hybridized carbons (Fsp3) is 0.417. The third-order valence-corrected chi connectivity index (χ3v) is 3.10. The molecule has 0 heterocycles. The van der Waals surface area contributed by atoms with Crippen molar-refractivity contribution in [2.24, 2.45) is 5.92 Å². The van der Waals surface area contributed by atoms with Gasteiger partial charge in [0.2, 0.25) is 6.04 Å². The van der Waals surface area contributed by atoms with Crippen molar-refractivity contribution in [3.63, 3.8) is 0 Å². The van der Waals surface area contributed by atoms with E-state index in [0.29, 0.717) is 19.3 Å². The molecule has 0 N–H and O–H groups in total. The maximum atomic E-state index is 11.0. The summed E-state index contributed by atoms with van der Waals surface area (Å²) in [5.41, 5.74) is 0.936. The number of carbonyl (C=O) groups excluding carboxylic acids is 1. The zero-order chi connectivity index (χ0) is 11.5. The monoisotopic (exact) mass is 219 g/mol. The SMILES string of the molecule is O=C1C=CC([C@H]2CC=CC[C@@H]2[N+](=O)[O-])=CC1. The lowest BCUT2D eigenvalue weighted by molar-refractivity contribution is -0.529. The molecule has 2 atom stereocenters. The Hall–Kier alpha value is -1.71. The van der Waals surface area contributed by atoms with E-state index >= 15 is 0 Å². The number of nitro groups is 1. The van der Waals surface area contributed by atoms with Crippen LogP contribution in [0.5, 0.6) is 0 Å². The van der Waals surface area contributed by atoms with Crippen LogP contribution in [0.4, 0.5) is 0 Å². The van der Waals surface area contributed by atoms with Crippen molar-refractivity contribution in [2.75, 3.05) is 0 Å². The summed E-state index contributed by atoms with van der Waals surface area (Å²) in [6, 6.07) is -0.547. The van der Waals surface area contributed by atoms with Gasteiger partial charge in [0, 0.05) is 17.8 Å². The highest BCUT2D eigenvalue weighted by molar-refractivity contribution is 5.92. The van der Waals surface area contributed by atoms with E-state index in [-0.39, 0.29) is 16.6 Å². The van der Waals surface area contributed by atoms with Gasteiger partial charge in [0.15, 0.2) is 5.78 Å². The lowest BCUT2D eigenvalue weighted by Crippen LogP contribution is -2.31. The first-order valence-corrected chi connectivity index (χ1v) is 5.38. The van der Waals surface area contributed by atoms with Crippen LogP contribution in [0, 0.1) is 16.0 Å². The summed E-state index contributed by atoms with van der Waals surface area (Å²) < 4.78 is 0. The van der Waals surface area contributed by atoms with Crippen LogP contribution in [0.3, 0.4) is 0 Å². The lowest BCUT2D eigenvalue weighted by atomic mass is 9.81. The Balaban J connectivity index is 2.19. The standard InChI is InChI=1S/C12H13NO3/c14-10-7-5-9(6-8-10)11-3-1-2-4-12(11)13(15)16/h1-2,5-7,11-12H,3-4,8H2/t11-,12+/m1/s1. The quantitative estimate of drug-likeness (QED) is 0.405. The number of nitrogens with zero attached hydrogens (tertiary/aromatic N) is 1. The highest BCUT2D eigenvalue weighted by atomic mass is 16.6. The summed E-state index contributed by atoms with van der Waals surface area (Å²) >= 11 is 0. The molecule has 4 nitrogen and oxygen atoms in total. The molecule has 84 valence electrons. The number of ketones is 1. The minimum Gasteiger partial charge on any atom is -0.295 e. The van der Waals surface area contributed by atoms with E-state index in [1.54, 1.807) is 6.08 Å².